The van der Waals surface area contributed by atoms with Gasteiger partial charge in [-0.15, -0.1) is 0 Å². The summed E-state index contributed by atoms with van der Waals surface area (Å²) in [5.74, 6) is 0.396. The highest BCUT2D eigenvalue weighted by Crippen LogP contribution is 2.33. The van der Waals surface area contributed by atoms with Crippen LogP contribution in [0.4, 0.5) is 5.69 Å². The Balaban J connectivity index is 1.62. The van der Waals surface area contributed by atoms with E-state index in [0.29, 0.717) is 27.7 Å². The number of halogens is 2. The van der Waals surface area contributed by atoms with Crippen molar-refractivity contribution in [3.8, 4) is 17.2 Å². The molecule has 1 amide bonds. The first-order valence-corrected chi connectivity index (χ1v) is 10.1. The molecule has 3 aromatic carbocycles. The van der Waals surface area contributed by atoms with E-state index >= 15 is 0 Å². The summed E-state index contributed by atoms with van der Waals surface area (Å²) in [5, 5.41) is 3.43. The number of rotatable bonds is 5. The zero-order valence-corrected chi connectivity index (χ0v) is 17.8. The fraction of sp³-hybridized carbons (Fsp3) is 0.130. The molecule has 1 heterocycles. The summed E-state index contributed by atoms with van der Waals surface area (Å²) in [7, 11) is 1.45. The van der Waals surface area contributed by atoms with Gasteiger partial charge < -0.3 is 14.5 Å². The number of aryl methyl sites for hydroxylation is 1. The molecule has 1 N–H and O–H groups in total. The third-order valence-corrected chi connectivity index (χ3v) is 5.21. The lowest BCUT2D eigenvalue weighted by molar-refractivity contribution is 0.102. The van der Waals surface area contributed by atoms with Gasteiger partial charge in [-0.05, 0) is 54.4 Å². The lowest BCUT2D eigenvalue weighted by atomic mass is 10.1. The Kier molecular flexibility index (Phi) is 5.66. The zero-order valence-electron chi connectivity index (χ0n) is 16.3. The molecule has 0 fully saturated rings. The number of hydrogen-bond acceptors (Lipinski definition) is 4. The molecule has 0 bridgehead atoms. The van der Waals surface area contributed by atoms with Gasteiger partial charge in [0.15, 0.2) is 5.58 Å². The molecule has 0 saturated heterocycles. The van der Waals surface area contributed by atoms with Crippen LogP contribution >= 0.6 is 23.2 Å². The average molecular weight is 441 g/mol. The van der Waals surface area contributed by atoms with Crippen molar-refractivity contribution in [1.82, 2.24) is 4.98 Å². The van der Waals surface area contributed by atoms with Crippen molar-refractivity contribution < 1.29 is 13.9 Å². The highest BCUT2D eigenvalue weighted by molar-refractivity contribution is 6.36. The van der Waals surface area contributed by atoms with Crippen molar-refractivity contribution in [2.24, 2.45) is 0 Å². The molecule has 1 aromatic heterocycles. The number of nitrogens with one attached hydrogen (secondary N) is 1. The first-order chi connectivity index (χ1) is 14.5. The Hall–Kier alpha value is -3.02. The van der Waals surface area contributed by atoms with Crippen LogP contribution in [0.25, 0.3) is 22.6 Å². The number of methoxy groups -OCH3 is 1. The van der Waals surface area contributed by atoms with E-state index in [1.807, 2.05) is 12.1 Å². The number of ether oxygens (including phenoxy) is 1. The number of amides is 1. The van der Waals surface area contributed by atoms with E-state index in [1.54, 1.807) is 18.2 Å². The van der Waals surface area contributed by atoms with Crippen LogP contribution in [0.15, 0.2) is 59.0 Å². The highest BCUT2D eigenvalue weighted by atomic mass is 35.5. The van der Waals surface area contributed by atoms with Crippen molar-refractivity contribution >= 4 is 45.9 Å². The quantitative estimate of drug-likeness (QED) is 0.378. The number of nitrogens with zero attached hydrogens (tertiary/aromatic N) is 1. The van der Waals surface area contributed by atoms with Crippen LogP contribution in [0.1, 0.15) is 22.8 Å². The van der Waals surface area contributed by atoms with Gasteiger partial charge in [-0.25, -0.2) is 4.98 Å². The Morgan fingerprint density at radius 2 is 1.87 bits per heavy atom. The molecule has 152 valence electrons. The number of carbonyl (C=O) groups is 1. The Labute approximate surface area is 183 Å². The summed E-state index contributed by atoms with van der Waals surface area (Å²) in [4.78, 5) is 17.3. The number of fused-ring (bicyclic) bond motifs is 1. The van der Waals surface area contributed by atoms with Crippen molar-refractivity contribution in [3.63, 3.8) is 0 Å². The van der Waals surface area contributed by atoms with E-state index in [0.717, 1.165) is 12.0 Å². The molecule has 0 radical (unpaired) electrons. The van der Waals surface area contributed by atoms with E-state index in [-0.39, 0.29) is 16.3 Å². The molecule has 0 aliphatic heterocycles. The summed E-state index contributed by atoms with van der Waals surface area (Å²) >= 11 is 12.2. The van der Waals surface area contributed by atoms with Gasteiger partial charge in [0.05, 0.1) is 17.7 Å². The summed E-state index contributed by atoms with van der Waals surface area (Å²) < 4.78 is 11.1. The highest BCUT2D eigenvalue weighted by Gasteiger charge is 2.18. The van der Waals surface area contributed by atoms with E-state index in [9.17, 15) is 4.79 Å². The second kappa shape index (κ2) is 8.38. The molecule has 4 aromatic rings. The minimum atomic E-state index is -0.394. The third-order valence-electron chi connectivity index (χ3n) is 4.71. The second-order valence-corrected chi connectivity index (χ2v) is 7.52. The fourth-order valence-electron chi connectivity index (χ4n) is 3.15. The molecule has 7 heteroatoms. The van der Waals surface area contributed by atoms with Gasteiger partial charge in [0, 0.05) is 16.3 Å². The predicted molar refractivity (Wildman–Crippen MR) is 120 cm³/mol. The maximum Gasteiger partial charge on any atom is 0.259 e. The van der Waals surface area contributed by atoms with Crippen LogP contribution < -0.4 is 10.1 Å². The standard InChI is InChI=1S/C23H18Cl2N2O3/c1-3-13-4-6-14(7-5-13)23-27-19-12-16(8-9-20(19)30-23)26-22(28)17-10-15(24)11-18(25)21(17)29-2/h4-12H,3H2,1-2H3,(H,26,28). The van der Waals surface area contributed by atoms with Gasteiger partial charge in [0.2, 0.25) is 5.89 Å². The largest absolute Gasteiger partial charge is 0.494 e. The van der Waals surface area contributed by atoms with Crippen LogP contribution in [0.5, 0.6) is 5.75 Å². The normalized spacial score (nSPS) is 10.9. The average Bonchev–Trinajstić information content (AvgIpc) is 3.16. The van der Waals surface area contributed by atoms with Crippen LogP contribution in [0.2, 0.25) is 10.0 Å². The van der Waals surface area contributed by atoms with Crippen LogP contribution in [0, 0.1) is 0 Å². The molecule has 5 nitrogen and oxygen atoms in total. The summed E-state index contributed by atoms with van der Waals surface area (Å²) in [6, 6.07) is 16.4. The lowest BCUT2D eigenvalue weighted by Crippen LogP contribution is -2.13. The van der Waals surface area contributed by atoms with E-state index in [2.05, 4.69) is 29.4 Å². The van der Waals surface area contributed by atoms with Crippen molar-refractivity contribution in [2.75, 3.05) is 12.4 Å². The van der Waals surface area contributed by atoms with Crippen LogP contribution in [0.3, 0.4) is 0 Å². The van der Waals surface area contributed by atoms with Gasteiger partial charge in [-0.1, -0.05) is 42.3 Å². The van der Waals surface area contributed by atoms with Crippen LogP contribution in [-0.4, -0.2) is 18.0 Å². The number of oxazole rings is 1. The van der Waals surface area contributed by atoms with Crippen molar-refractivity contribution in [1.29, 1.82) is 0 Å². The molecule has 0 aliphatic rings. The van der Waals surface area contributed by atoms with E-state index in [4.69, 9.17) is 32.4 Å². The van der Waals surface area contributed by atoms with Crippen LogP contribution in [-0.2, 0) is 6.42 Å². The van der Waals surface area contributed by atoms with Gasteiger partial charge in [-0.3, -0.25) is 4.79 Å². The minimum Gasteiger partial charge on any atom is -0.494 e. The molecule has 0 spiro atoms. The zero-order chi connectivity index (χ0) is 21.3. The summed E-state index contributed by atoms with van der Waals surface area (Å²) in [6.07, 6.45) is 0.972. The molecule has 0 unspecified atom stereocenters. The number of hydrogen-bond donors (Lipinski definition) is 1. The number of anilines is 1. The number of benzene rings is 3. The lowest BCUT2D eigenvalue weighted by Gasteiger charge is -2.11. The van der Waals surface area contributed by atoms with Crippen molar-refractivity contribution in [3.05, 3.63) is 75.8 Å². The molecule has 0 aliphatic carbocycles. The minimum absolute atomic E-state index is 0.243. The Morgan fingerprint density at radius 1 is 1.10 bits per heavy atom. The molecular formula is C23H18Cl2N2O3. The van der Waals surface area contributed by atoms with Gasteiger partial charge in [0.25, 0.3) is 5.91 Å². The van der Waals surface area contributed by atoms with E-state index in [1.165, 1.54) is 24.8 Å². The van der Waals surface area contributed by atoms with Gasteiger partial charge >= 0.3 is 0 Å². The van der Waals surface area contributed by atoms with Crippen molar-refractivity contribution in [2.45, 2.75) is 13.3 Å². The molecule has 0 atom stereocenters. The first-order valence-electron chi connectivity index (χ1n) is 9.32. The SMILES string of the molecule is CCc1ccc(-c2nc3cc(NC(=O)c4cc(Cl)cc(Cl)c4OC)ccc3o2)cc1. The monoisotopic (exact) mass is 440 g/mol. The first kappa shape index (κ1) is 20.3. The molecular weight excluding hydrogens is 423 g/mol. The Morgan fingerprint density at radius 3 is 2.57 bits per heavy atom. The molecule has 4 rings (SSSR count). The number of carbonyl (C=O) groups excluding carboxylic acids is 1. The smallest absolute Gasteiger partial charge is 0.259 e. The third kappa shape index (κ3) is 3.99. The molecule has 0 saturated carbocycles. The topological polar surface area (TPSA) is 64.4 Å². The fourth-order valence-corrected chi connectivity index (χ4v) is 3.72. The number of aromatic nitrogens is 1. The maximum absolute atomic E-state index is 12.8. The second-order valence-electron chi connectivity index (χ2n) is 6.67. The van der Waals surface area contributed by atoms with Gasteiger partial charge in [-0.2, -0.15) is 0 Å². The van der Waals surface area contributed by atoms with Gasteiger partial charge in [0.1, 0.15) is 11.3 Å². The van der Waals surface area contributed by atoms with E-state index < -0.39 is 5.91 Å². The predicted octanol–water partition coefficient (Wildman–Crippen LogP) is 6.62. The summed E-state index contributed by atoms with van der Waals surface area (Å²) in [5.41, 5.74) is 4.21. The maximum atomic E-state index is 12.8. The Bertz CT molecular complexity index is 1230. The summed E-state index contributed by atoms with van der Waals surface area (Å²) in [6.45, 7) is 2.11. The molecule has 30 heavy (non-hydrogen) atoms.